The zero-order chi connectivity index (χ0) is 18.7. The van der Waals surface area contributed by atoms with Gasteiger partial charge in [-0.25, -0.2) is 0 Å². The molecule has 1 aromatic carbocycles. The minimum Gasteiger partial charge on any atom is -0.481 e. The van der Waals surface area contributed by atoms with Crippen LogP contribution in [0.3, 0.4) is 0 Å². The number of fused-ring (bicyclic) bond motifs is 1. The minimum atomic E-state index is -0.903. The molecule has 3 N–H and O–H groups in total. The highest BCUT2D eigenvalue weighted by Gasteiger charge is 2.30. The van der Waals surface area contributed by atoms with Gasteiger partial charge >= 0.3 is 5.97 Å². The van der Waals surface area contributed by atoms with Crippen molar-refractivity contribution in [1.82, 2.24) is 5.32 Å². The predicted molar refractivity (Wildman–Crippen MR) is 97.4 cm³/mol. The van der Waals surface area contributed by atoms with E-state index in [4.69, 9.17) is 4.74 Å². The molecule has 2 unspecified atom stereocenters. The molecule has 2 heterocycles. The first-order valence-electron chi connectivity index (χ1n) is 8.66. The van der Waals surface area contributed by atoms with Crippen LogP contribution in [0.4, 0.5) is 5.69 Å². The number of carbonyl (C=O) groups is 3. The molecular weight excluding hydrogens is 356 g/mol. The van der Waals surface area contributed by atoms with Crippen molar-refractivity contribution in [2.24, 2.45) is 11.8 Å². The molecule has 3 rings (SSSR count). The third kappa shape index (κ3) is 4.19. The average Bonchev–Trinajstić information content (AvgIpc) is 2.63. The lowest BCUT2D eigenvalue weighted by atomic mass is 9.86. The molecule has 0 radical (unpaired) electrons. The first-order chi connectivity index (χ1) is 12.5. The normalized spacial score (nSPS) is 21.4. The Morgan fingerprint density at radius 1 is 1.38 bits per heavy atom. The lowest BCUT2D eigenvalue weighted by molar-refractivity contribution is -0.144. The molecule has 7 nitrogen and oxygen atoms in total. The van der Waals surface area contributed by atoms with Gasteiger partial charge in [0.1, 0.15) is 0 Å². The number of benzene rings is 1. The third-order valence-corrected chi connectivity index (χ3v) is 5.98. The highest BCUT2D eigenvalue weighted by molar-refractivity contribution is 8.00. The second kappa shape index (κ2) is 8.09. The van der Waals surface area contributed by atoms with Gasteiger partial charge in [-0.2, -0.15) is 0 Å². The minimum absolute atomic E-state index is 0.00209. The molecule has 0 bridgehead atoms. The molecule has 2 aliphatic heterocycles. The fourth-order valence-corrected chi connectivity index (χ4v) is 4.16. The van der Waals surface area contributed by atoms with Crippen molar-refractivity contribution < 1.29 is 24.2 Å². The van der Waals surface area contributed by atoms with Gasteiger partial charge in [0.25, 0.3) is 5.91 Å². The van der Waals surface area contributed by atoms with Crippen LogP contribution < -0.4 is 10.6 Å². The van der Waals surface area contributed by atoms with Gasteiger partial charge in [0, 0.05) is 30.2 Å². The molecule has 0 spiro atoms. The number of nitrogens with one attached hydrogen (secondary N) is 2. The van der Waals surface area contributed by atoms with Crippen molar-refractivity contribution >= 4 is 35.2 Å². The van der Waals surface area contributed by atoms with Crippen molar-refractivity contribution in [3.05, 3.63) is 23.8 Å². The molecule has 0 aliphatic carbocycles. The van der Waals surface area contributed by atoms with Gasteiger partial charge in [-0.3, -0.25) is 14.4 Å². The molecule has 0 aromatic heterocycles. The zero-order valence-electron chi connectivity index (χ0n) is 14.5. The maximum atomic E-state index is 12.4. The molecular formula is C18H22N2O5S. The van der Waals surface area contributed by atoms with Crippen LogP contribution in [0.2, 0.25) is 0 Å². The fourth-order valence-electron chi connectivity index (χ4n) is 3.23. The number of rotatable bonds is 5. The molecule has 2 aliphatic rings. The van der Waals surface area contributed by atoms with Gasteiger partial charge < -0.3 is 20.5 Å². The van der Waals surface area contributed by atoms with Crippen LogP contribution in [0.5, 0.6) is 0 Å². The van der Waals surface area contributed by atoms with E-state index in [1.54, 1.807) is 18.2 Å². The summed E-state index contributed by atoms with van der Waals surface area (Å²) in [4.78, 5) is 36.7. The van der Waals surface area contributed by atoms with Crippen LogP contribution in [0.25, 0.3) is 0 Å². The van der Waals surface area contributed by atoms with E-state index in [1.165, 1.54) is 11.8 Å². The Labute approximate surface area is 155 Å². The molecule has 1 fully saturated rings. The van der Waals surface area contributed by atoms with Gasteiger partial charge in [-0.15, -0.1) is 11.8 Å². The quantitative estimate of drug-likeness (QED) is 0.724. The second-order valence-electron chi connectivity index (χ2n) is 6.56. The highest BCUT2D eigenvalue weighted by atomic mass is 32.2. The molecule has 2 amide bonds. The number of thioether (sulfide) groups is 1. The van der Waals surface area contributed by atoms with Crippen molar-refractivity contribution in [1.29, 1.82) is 0 Å². The Hall–Kier alpha value is -2.06. The largest absolute Gasteiger partial charge is 0.481 e. The third-order valence-electron chi connectivity index (χ3n) is 4.81. The highest BCUT2D eigenvalue weighted by Crippen LogP contribution is 2.35. The number of aliphatic carboxylic acids is 1. The SMILES string of the molecule is CC1Sc2ccc(C(=O)NCC(C(=O)O)C3CCOCC3)cc2NC1=O. The number of hydrogen-bond donors (Lipinski definition) is 3. The van der Waals surface area contributed by atoms with Gasteiger partial charge in [-0.1, -0.05) is 0 Å². The lowest BCUT2D eigenvalue weighted by Crippen LogP contribution is -2.39. The lowest BCUT2D eigenvalue weighted by Gasteiger charge is -2.27. The van der Waals surface area contributed by atoms with Crippen molar-refractivity contribution in [3.63, 3.8) is 0 Å². The van der Waals surface area contributed by atoms with Gasteiger partial charge in [0.05, 0.1) is 16.9 Å². The van der Waals surface area contributed by atoms with E-state index in [0.717, 1.165) is 4.90 Å². The van der Waals surface area contributed by atoms with Gasteiger partial charge in [0.15, 0.2) is 0 Å². The number of hydrogen-bond acceptors (Lipinski definition) is 5. The summed E-state index contributed by atoms with van der Waals surface area (Å²) < 4.78 is 5.28. The summed E-state index contributed by atoms with van der Waals surface area (Å²) in [6, 6.07) is 5.12. The monoisotopic (exact) mass is 378 g/mol. The van der Waals surface area contributed by atoms with Crippen LogP contribution in [0.15, 0.2) is 23.1 Å². The van der Waals surface area contributed by atoms with Crippen molar-refractivity contribution in [3.8, 4) is 0 Å². The summed E-state index contributed by atoms with van der Waals surface area (Å²) in [6.45, 7) is 3.02. The zero-order valence-corrected chi connectivity index (χ0v) is 15.3. The molecule has 8 heteroatoms. The number of carboxylic acids is 1. The van der Waals surface area contributed by atoms with Crippen LogP contribution in [0, 0.1) is 11.8 Å². The van der Waals surface area contributed by atoms with Crippen LogP contribution in [0.1, 0.15) is 30.1 Å². The Morgan fingerprint density at radius 2 is 2.12 bits per heavy atom. The number of ether oxygens (including phenoxy) is 1. The first-order valence-corrected chi connectivity index (χ1v) is 9.54. The Kier molecular flexibility index (Phi) is 5.83. The molecule has 2 atom stereocenters. The van der Waals surface area contributed by atoms with Gasteiger partial charge in [-0.05, 0) is 43.9 Å². The number of amides is 2. The van der Waals surface area contributed by atoms with Crippen LogP contribution in [-0.4, -0.2) is 47.9 Å². The van der Waals surface area contributed by atoms with E-state index < -0.39 is 11.9 Å². The summed E-state index contributed by atoms with van der Waals surface area (Å²) in [6.07, 6.45) is 1.38. The maximum Gasteiger partial charge on any atom is 0.308 e. The number of carbonyl (C=O) groups excluding carboxylic acids is 2. The molecule has 26 heavy (non-hydrogen) atoms. The van der Waals surface area contributed by atoms with E-state index in [9.17, 15) is 19.5 Å². The first kappa shape index (κ1) is 18.7. The van der Waals surface area contributed by atoms with E-state index >= 15 is 0 Å². The van der Waals surface area contributed by atoms with E-state index in [1.807, 2.05) is 6.92 Å². The standard InChI is InChI=1S/C18H22N2O5S/c1-10-16(21)20-14-8-12(2-3-15(14)26-10)17(22)19-9-13(18(23)24)11-4-6-25-7-5-11/h2-3,8,10-11,13H,4-7,9H2,1H3,(H,19,22)(H,20,21)(H,23,24). The second-order valence-corrected chi connectivity index (χ2v) is 7.95. The molecule has 0 saturated carbocycles. The summed E-state index contributed by atoms with van der Waals surface area (Å²) in [7, 11) is 0. The number of anilines is 1. The maximum absolute atomic E-state index is 12.4. The summed E-state index contributed by atoms with van der Waals surface area (Å²) >= 11 is 1.45. The Balaban J connectivity index is 1.65. The van der Waals surface area contributed by atoms with E-state index in [-0.39, 0.29) is 29.5 Å². The summed E-state index contributed by atoms with van der Waals surface area (Å²) in [5, 5.41) is 14.8. The molecule has 1 saturated heterocycles. The summed E-state index contributed by atoms with van der Waals surface area (Å²) in [5.74, 6) is -1.96. The van der Waals surface area contributed by atoms with E-state index in [2.05, 4.69) is 10.6 Å². The van der Waals surface area contributed by atoms with E-state index in [0.29, 0.717) is 37.3 Å². The molecule has 1 aromatic rings. The smallest absolute Gasteiger partial charge is 0.308 e. The Morgan fingerprint density at radius 3 is 2.81 bits per heavy atom. The van der Waals surface area contributed by atoms with Crippen LogP contribution in [-0.2, 0) is 14.3 Å². The number of carboxylic acid groups (broad SMARTS) is 1. The predicted octanol–water partition coefficient (Wildman–Crippen LogP) is 1.98. The average molecular weight is 378 g/mol. The van der Waals surface area contributed by atoms with Crippen LogP contribution >= 0.6 is 11.8 Å². The van der Waals surface area contributed by atoms with Crippen molar-refractivity contribution in [2.45, 2.75) is 29.9 Å². The topological polar surface area (TPSA) is 105 Å². The Bertz CT molecular complexity index is 718. The van der Waals surface area contributed by atoms with Gasteiger partial charge in [0.2, 0.25) is 5.91 Å². The fraction of sp³-hybridized carbons (Fsp3) is 0.500. The summed E-state index contributed by atoms with van der Waals surface area (Å²) in [5.41, 5.74) is 1.01. The molecule has 140 valence electrons. The van der Waals surface area contributed by atoms with Crippen molar-refractivity contribution in [2.75, 3.05) is 25.1 Å².